The van der Waals surface area contributed by atoms with E-state index in [-0.39, 0.29) is 29.6 Å². The van der Waals surface area contributed by atoms with Gasteiger partial charge in [-0.25, -0.2) is 0 Å². The van der Waals surface area contributed by atoms with Crippen LogP contribution in [-0.4, -0.2) is 49.0 Å². The van der Waals surface area contributed by atoms with Crippen LogP contribution in [0.3, 0.4) is 0 Å². The van der Waals surface area contributed by atoms with Crippen LogP contribution in [0.1, 0.15) is 40.5 Å². The zero-order valence-electron chi connectivity index (χ0n) is 13.1. The molecule has 2 saturated heterocycles. The van der Waals surface area contributed by atoms with Crippen molar-refractivity contribution in [2.45, 2.75) is 63.7 Å². The summed E-state index contributed by atoms with van der Waals surface area (Å²) in [5.41, 5.74) is -0.760. The van der Waals surface area contributed by atoms with Gasteiger partial charge in [-0.05, 0) is 52.5 Å². The third-order valence-electron chi connectivity index (χ3n) is 5.72. The van der Waals surface area contributed by atoms with Crippen molar-refractivity contribution in [3.63, 3.8) is 0 Å². The highest BCUT2D eigenvalue weighted by atomic mass is 19.4. The van der Waals surface area contributed by atoms with Gasteiger partial charge in [-0.3, -0.25) is 4.90 Å². The molecule has 0 N–H and O–H groups in total. The van der Waals surface area contributed by atoms with Crippen molar-refractivity contribution in [3.8, 4) is 0 Å². The Morgan fingerprint density at radius 2 is 1.71 bits per heavy atom. The van der Waals surface area contributed by atoms with E-state index in [1.54, 1.807) is 0 Å². The zero-order valence-corrected chi connectivity index (χ0v) is 13.1. The van der Waals surface area contributed by atoms with E-state index >= 15 is 0 Å². The minimum Gasteiger partial charge on any atom is -0.403 e. The molecule has 3 fully saturated rings. The second-order valence-electron chi connectivity index (χ2n) is 7.87. The lowest BCUT2D eigenvalue weighted by Gasteiger charge is -2.32. The molecular formula is C14H23BF3NO2. The Kier molecular flexibility index (Phi) is 3.26. The lowest BCUT2D eigenvalue weighted by atomic mass is 9.76. The van der Waals surface area contributed by atoms with Crippen molar-refractivity contribution in [2.24, 2.45) is 5.41 Å². The van der Waals surface area contributed by atoms with Crippen LogP contribution >= 0.6 is 0 Å². The summed E-state index contributed by atoms with van der Waals surface area (Å²) in [5, 5.41) is 0. The molecule has 7 heteroatoms. The van der Waals surface area contributed by atoms with Crippen LogP contribution in [0.2, 0.25) is 5.82 Å². The number of halogens is 3. The third-order valence-corrected chi connectivity index (χ3v) is 5.72. The molecule has 120 valence electrons. The second kappa shape index (κ2) is 4.39. The summed E-state index contributed by atoms with van der Waals surface area (Å²) in [5.74, 6) is 0.233. The third kappa shape index (κ3) is 2.72. The maximum atomic E-state index is 12.5. The molecule has 3 rings (SSSR count). The summed E-state index contributed by atoms with van der Waals surface area (Å²) in [6, 6.07) is 0. The molecule has 0 aromatic heterocycles. The highest BCUT2D eigenvalue weighted by Gasteiger charge is 2.68. The monoisotopic (exact) mass is 305 g/mol. The molecule has 3 aliphatic rings. The molecule has 3 nitrogen and oxygen atoms in total. The molecular weight excluding hydrogens is 282 g/mol. The van der Waals surface area contributed by atoms with Crippen molar-refractivity contribution in [2.75, 3.05) is 19.6 Å². The largest absolute Gasteiger partial charge is 0.461 e. The normalized spacial score (nSPS) is 38.4. The topological polar surface area (TPSA) is 21.7 Å². The van der Waals surface area contributed by atoms with Gasteiger partial charge in [0.05, 0.1) is 17.7 Å². The summed E-state index contributed by atoms with van der Waals surface area (Å²) in [6.45, 7) is 8.26. The van der Waals surface area contributed by atoms with E-state index in [4.69, 9.17) is 9.31 Å². The summed E-state index contributed by atoms with van der Waals surface area (Å²) < 4.78 is 49.6. The Balaban J connectivity index is 1.60. The van der Waals surface area contributed by atoms with Gasteiger partial charge in [-0.1, -0.05) is 0 Å². The number of hydrogen-bond donors (Lipinski definition) is 0. The summed E-state index contributed by atoms with van der Waals surface area (Å²) >= 11 is 0. The van der Waals surface area contributed by atoms with Crippen LogP contribution in [0.15, 0.2) is 0 Å². The molecule has 0 bridgehead atoms. The van der Waals surface area contributed by atoms with Gasteiger partial charge >= 0.3 is 13.3 Å². The fourth-order valence-electron chi connectivity index (χ4n) is 3.66. The van der Waals surface area contributed by atoms with E-state index in [0.29, 0.717) is 13.1 Å². The average Bonchev–Trinajstić information content (AvgIpc) is 2.74. The van der Waals surface area contributed by atoms with Gasteiger partial charge in [0.1, 0.15) is 0 Å². The van der Waals surface area contributed by atoms with Crippen LogP contribution in [0, 0.1) is 5.41 Å². The number of rotatable bonds is 2. The Hall–Kier alpha value is -0.265. The van der Waals surface area contributed by atoms with E-state index in [2.05, 4.69) is 0 Å². The van der Waals surface area contributed by atoms with Crippen LogP contribution < -0.4 is 0 Å². The van der Waals surface area contributed by atoms with E-state index in [1.165, 1.54) is 4.90 Å². The van der Waals surface area contributed by atoms with Crippen LogP contribution in [0.25, 0.3) is 0 Å². The molecule has 0 aromatic carbocycles. The van der Waals surface area contributed by atoms with Gasteiger partial charge in [0.2, 0.25) is 0 Å². The lowest BCUT2D eigenvalue weighted by molar-refractivity contribution is -0.143. The molecule has 0 radical (unpaired) electrons. The van der Waals surface area contributed by atoms with E-state index in [9.17, 15) is 13.2 Å². The smallest absolute Gasteiger partial charge is 0.403 e. The van der Waals surface area contributed by atoms with E-state index in [1.807, 2.05) is 27.7 Å². The van der Waals surface area contributed by atoms with Crippen LogP contribution in [0.5, 0.6) is 0 Å². The maximum absolute atomic E-state index is 12.5. The average molecular weight is 305 g/mol. The highest BCUT2D eigenvalue weighted by Crippen LogP contribution is 2.66. The quantitative estimate of drug-likeness (QED) is 0.732. The fraction of sp³-hybridized carbons (Fsp3) is 1.00. The maximum Gasteiger partial charge on any atom is 0.461 e. The first kappa shape index (κ1) is 15.6. The molecule has 0 amide bonds. The Labute approximate surface area is 124 Å². The van der Waals surface area contributed by atoms with Crippen molar-refractivity contribution >= 4 is 7.12 Å². The molecule has 0 aromatic rings. The van der Waals surface area contributed by atoms with Crippen molar-refractivity contribution in [3.05, 3.63) is 0 Å². The Morgan fingerprint density at radius 1 is 1.14 bits per heavy atom. The van der Waals surface area contributed by atoms with Crippen molar-refractivity contribution in [1.82, 2.24) is 4.90 Å². The SMILES string of the molecule is CC1(C)OB(C2CC23CCN(CC(F)(F)F)C3)OC1(C)C. The first-order valence-electron chi connectivity index (χ1n) is 7.59. The summed E-state index contributed by atoms with van der Waals surface area (Å²) in [6.07, 6.45) is -2.38. The second-order valence-corrected chi connectivity index (χ2v) is 7.87. The minimum atomic E-state index is -4.11. The van der Waals surface area contributed by atoms with Crippen LogP contribution in [-0.2, 0) is 9.31 Å². The van der Waals surface area contributed by atoms with E-state index in [0.717, 1.165) is 12.8 Å². The summed E-state index contributed by atoms with van der Waals surface area (Å²) in [7, 11) is -0.277. The molecule has 1 spiro atoms. The van der Waals surface area contributed by atoms with Gasteiger partial charge in [0, 0.05) is 12.4 Å². The first-order valence-corrected chi connectivity index (χ1v) is 7.59. The first-order chi connectivity index (χ1) is 9.44. The van der Waals surface area contributed by atoms with Crippen molar-refractivity contribution < 1.29 is 22.5 Å². The predicted molar refractivity (Wildman–Crippen MR) is 74.0 cm³/mol. The molecule has 2 aliphatic heterocycles. The molecule has 1 saturated carbocycles. The van der Waals surface area contributed by atoms with Gasteiger partial charge in [-0.15, -0.1) is 0 Å². The molecule has 2 atom stereocenters. The zero-order chi connectivity index (χ0) is 15.7. The molecule has 1 aliphatic carbocycles. The van der Waals surface area contributed by atoms with Gasteiger partial charge < -0.3 is 9.31 Å². The lowest BCUT2D eigenvalue weighted by Crippen LogP contribution is -2.41. The standard InChI is InChI=1S/C14H23BF3NO2/c1-11(2)12(3,4)21-15(20-11)10-7-13(10)5-6-19(8-13)9-14(16,17)18/h10H,5-9H2,1-4H3. The molecule has 2 unspecified atom stereocenters. The predicted octanol–water partition coefficient (Wildman–Crippen LogP) is 3.11. The van der Waals surface area contributed by atoms with Crippen LogP contribution in [0.4, 0.5) is 13.2 Å². The number of hydrogen-bond acceptors (Lipinski definition) is 3. The fourth-order valence-corrected chi connectivity index (χ4v) is 3.66. The Morgan fingerprint density at radius 3 is 2.24 bits per heavy atom. The summed E-state index contributed by atoms with van der Waals surface area (Å²) in [4.78, 5) is 1.52. The van der Waals surface area contributed by atoms with E-state index < -0.39 is 12.7 Å². The van der Waals surface area contributed by atoms with Crippen molar-refractivity contribution in [1.29, 1.82) is 0 Å². The number of alkyl halides is 3. The minimum absolute atomic E-state index is 0.0214. The van der Waals surface area contributed by atoms with Gasteiger partial charge in [0.15, 0.2) is 0 Å². The number of nitrogens with zero attached hydrogens (tertiary/aromatic N) is 1. The Bertz CT molecular complexity index is 424. The molecule has 21 heavy (non-hydrogen) atoms. The number of likely N-dealkylation sites (tertiary alicyclic amines) is 1. The van der Waals surface area contributed by atoms with Gasteiger partial charge in [-0.2, -0.15) is 13.2 Å². The highest BCUT2D eigenvalue weighted by molar-refractivity contribution is 6.49. The van der Waals surface area contributed by atoms with Gasteiger partial charge in [0.25, 0.3) is 0 Å². The molecule has 2 heterocycles.